The van der Waals surface area contributed by atoms with E-state index in [2.05, 4.69) is 9.68 Å². The zero-order chi connectivity index (χ0) is 12.1. The van der Waals surface area contributed by atoms with Gasteiger partial charge in [-0.2, -0.15) is 0 Å². The highest BCUT2D eigenvalue weighted by atomic mass is 16.5. The summed E-state index contributed by atoms with van der Waals surface area (Å²) in [4.78, 5) is 11.5. The SMILES string of the molecule is O=c1onc2oc3ccc4ccccc4c3cc1-2. The third kappa shape index (κ3) is 1.14. The van der Waals surface area contributed by atoms with Crippen LogP contribution in [0.15, 0.2) is 56.2 Å². The van der Waals surface area contributed by atoms with Gasteiger partial charge >= 0.3 is 5.63 Å². The van der Waals surface area contributed by atoms with Crippen molar-refractivity contribution in [1.29, 1.82) is 0 Å². The van der Waals surface area contributed by atoms with E-state index in [1.165, 1.54) is 0 Å². The molecule has 0 atom stereocenters. The predicted molar refractivity (Wildman–Crippen MR) is 66.7 cm³/mol. The van der Waals surface area contributed by atoms with E-state index in [0.717, 1.165) is 16.2 Å². The Morgan fingerprint density at radius 2 is 1.89 bits per heavy atom. The standard InChI is InChI=1S/C14H7NO3/c16-14-11-7-10-9-4-2-1-3-8(9)5-6-12(10)17-13(11)15-18-14/h1-7H. The zero-order valence-electron chi connectivity index (χ0n) is 9.21. The molecule has 18 heavy (non-hydrogen) atoms. The smallest absolute Gasteiger partial charge is 0.371 e. The second-order valence-electron chi connectivity index (χ2n) is 4.13. The monoisotopic (exact) mass is 237 g/mol. The fourth-order valence-electron chi connectivity index (χ4n) is 2.22. The van der Waals surface area contributed by atoms with Crippen LogP contribution in [0.5, 0.6) is 0 Å². The minimum Gasteiger partial charge on any atom is -0.435 e. The van der Waals surface area contributed by atoms with Gasteiger partial charge < -0.3 is 8.94 Å². The van der Waals surface area contributed by atoms with Gasteiger partial charge in [-0.05, 0) is 28.1 Å². The summed E-state index contributed by atoms with van der Waals surface area (Å²) in [5.41, 5.74) is 0.594. The van der Waals surface area contributed by atoms with E-state index in [1.807, 2.05) is 36.4 Å². The predicted octanol–water partition coefficient (Wildman–Crippen LogP) is 3.04. The normalized spacial score (nSPS) is 11.6. The average molecular weight is 237 g/mol. The van der Waals surface area contributed by atoms with Gasteiger partial charge in [-0.15, -0.1) is 0 Å². The number of rotatable bonds is 0. The molecule has 0 saturated heterocycles. The summed E-state index contributed by atoms with van der Waals surface area (Å²) >= 11 is 0. The lowest BCUT2D eigenvalue weighted by Crippen LogP contribution is -1.94. The summed E-state index contributed by atoms with van der Waals surface area (Å²) in [6.07, 6.45) is 0. The number of hydrogen-bond acceptors (Lipinski definition) is 4. The van der Waals surface area contributed by atoms with Crippen molar-refractivity contribution in [1.82, 2.24) is 5.16 Å². The van der Waals surface area contributed by atoms with Crippen LogP contribution >= 0.6 is 0 Å². The first kappa shape index (κ1) is 9.41. The van der Waals surface area contributed by atoms with Crippen LogP contribution in [0.3, 0.4) is 0 Å². The Labute approximate surface area is 101 Å². The second-order valence-corrected chi connectivity index (χ2v) is 4.13. The number of aromatic nitrogens is 1. The third-order valence-electron chi connectivity index (χ3n) is 3.09. The van der Waals surface area contributed by atoms with Crippen molar-refractivity contribution in [3.05, 3.63) is 52.9 Å². The minimum atomic E-state index is -0.469. The van der Waals surface area contributed by atoms with E-state index < -0.39 is 5.63 Å². The first-order valence-electron chi connectivity index (χ1n) is 5.54. The minimum absolute atomic E-state index is 0.239. The van der Waals surface area contributed by atoms with Gasteiger partial charge in [0.2, 0.25) is 0 Å². The van der Waals surface area contributed by atoms with E-state index in [4.69, 9.17) is 4.42 Å². The van der Waals surface area contributed by atoms with Crippen LogP contribution in [0.4, 0.5) is 0 Å². The highest BCUT2D eigenvalue weighted by Gasteiger charge is 2.17. The number of fused-ring (bicyclic) bond motifs is 4. The molecule has 0 spiro atoms. The zero-order valence-corrected chi connectivity index (χ0v) is 9.21. The van der Waals surface area contributed by atoms with Crippen molar-refractivity contribution in [2.75, 3.05) is 0 Å². The fourth-order valence-corrected chi connectivity index (χ4v) is 2.22. The molecule has 86 valence electrons. The van der Waals surface area contributed by atoms with Crippen LogP contribution < -0.4 is 5.63 Å². The molecule has 4 nitrogen and oxygen atoms in total. The van der Waals surface area contributed by atoms with Crippen LogP contribution in [0.2, 0.25) is 0 Å². The maximum absolute atomic E-state index is 11.5. The Morgan fingerprint density at radius 1 is 1.00 bits per heavy atom. The van der Waals surface area contributed by atoms with Crippen molar-refractivity contribution >= 4 is 21.7 Å². The lowest BCUT2D eigenvalue weighted by Gasteiger charge is -2.03. The van der Waals surface area contributed by atoms with Crippen LogP contribution in [-0.4, -0.2) is 5.16 Å². The maximum Gasteiger partial charge on any atom is 0.371 e. The fraction of sp³-hybridized carbons (Fsp3) is 0. The van der Waals surface area contributed by atoms with Gasteiger partial charge in [0, 0.05) is 5.39 Å². The molecule has 0 bridgehead atoms. The van der Waals surface area contributed by atoms with Crippen molar-refractivity contribution in [3.63, 3.8) is 0 Å². The van der Waals surface area contributed by atoms with Crippen LogP contribution in [0.25, 0.3) is 33.2 Å². The molecule has 0 unspecified atom stereocenters. The highest BCUT2D eigenvalue weighted by Crippen LogP contribution is 2.30. The average Bonchev–Trinajstić information content (AvgIpc) is 2.78. The summed E-state index contributed by atoms with van der Waals surface area (Å²) in [5, 5.41) is 6.63. The van der Waals surface area contributed by atoms with Crippen LogP contribution in [-0.2, 0) is 0 Å². The molecular formula is C14H7NO3. The van der Waals surface area contributed by atoms with E-state index >= 15 is 0 Å². The summed E-state index contributed by atoms with van der Waals surface area (Å²) in [5.74, 6) is 0.239. The van der Waals surface area contributed by atoms with Gasteiger partial charge in [-0.25, -0.2) is 4.79 Å². The Bertz CT molecular complexity index is 904. The Hall–Kier alpha value is -2.62. The molecule has 2 heterocycles. The third-order valence-corrected chi connectivity index (χ3v) is 3.09. The summed E-state index contributed by atoms with van der Waals surface area (Å²) < 4.78 is 10.2. The molecule has 4 rings (SSSR count). The lowest BCUT2D eigenvalue weighted by molar-refractivity contribution is 0.381. The van der Waals surface area contributed by atoms with E-state index in [-0.39, 0.29) is 5.89 Å². The number of benzene rings is 2. The molecule has 2 aromatic rings. The van der Waals surface area contributed by atoms with E-state index in [0.29, 0.717) is 11.1 Å². The summed E-state index contributed by atoms with van der Waals surface area (Å²) in [7, 11) is 0. The van der Waals surface area contributed by atoms with Gasteiger partial charge in [-0.3, -0.25) is 0 Å². The Balaban J connectivity index is 2.30. The molecule has 0 fully saturated rings. The van der Waals surface area contributed by atoms with Crippen molar-refractivity contribution in [3.8, 4) is 11.5 Å². The quantitative estimate of drug-likeness (QED) is 0.441. The van der Waals surface area contributed by atoms with Crippen molar-refractivity contribution < 1.29 is 8.94 Å². The maximum atomic E-state index is 11.5. The van der Waals surface area contributed by atoms with Crippen LogP contribution in [0.1, 0.15) is 0 Å². The molecule has 0 aromatic heterocycles. The van der Waals surface area contributed by atoms with Gasteiger partial charge in [0.05, 0.1) is 0 Å². The summed E-state index contributed by atoms with van der Waals surface area (Å²) in [6, 6.07) is 13.6. The largest absolute Gasteiger partial charge is 0.435 e. The molecule has 2 aromatic carbocycles. The molecule has 2 aliphatic rings. The molecule has 0 saturated carbocycles. The van der Waals surface area contributed by atoms with Gasteiger partial charge in [0.15, 0.2) is 0 Å². The first-order valence-corrected chi connectivity index (χ1v) is 5.54. The van der Waals surface area contributed by atoms with Gasteiger partial charge in [0.25, 0.3) is 5.89 Å². The molecule has 0 radical (unpaired) electrons. The number of hydrogen-bond donors (Lipinski definition) is 0. The first-order chi connectivity index (χ1) is 8.83. The molecule has 0 amide bonds. The Kier molecular flexibility index (Phi) is 1.67. The van der Waals surface area contributed by atoms with Crippen molar-refractivity contribution in [2.45, 2.75) is 0 Å². The molecular weight excluding hydrogens is 230 g/mol. The Morgan fingerprint density at radius 3 is 2.83 bits per heavy atom. The molecule has 4 heteroatoms. The highest BCUT2D eigenvalue weighted by molar-refractivity contribution is 6.06. The number of nitrogens with zero attached hydrogens (tertiary/aromatic N) is 1. The molecule has 0 N–H and O–H groups in total. The topological polar surface area (TPSA) is 56.2 Å². The van der Waals surface area contributed by atoms with Crippen LogP contribution in [0, 0.1) is 0 Å². The van der Waals surface area contributed by atoms with Gasteiger partial charge in [-0.1, -0.05) is 30.3 Å². The van der Waals surface area contributed by atoms with Crippen molar-refractivity contribution in [2.24, 2.45) is 0 Å². The lowest BCUT2D eigenvalue weighted by atomic mass is 10.0. The molecule has 2 aliphatic heterocycles. The summed E-state index contributed by atoms with van der Waals surface area (Å²) in [6.45, 7) is 0. The van der Waals surface area contributed by atoms with E-state index in [1.54, 1.807) is 6.07 Å². The second kappa shape index (κ2) is 3.20. The molecule has 0 aliphatic carbocycles. The van der Waals surface area contributed by atoms with E-state index in [9.17, 15) is 4.79 Å². The van der Waals surface area contributed by atoms with Gasteiger partial charge in [0.1, 0.15) is 11.1 Å².